The Morgan fingerprint density at radius 2 is 1.84 bits per heavy atom. The third kappa shape index (κ3) is 8.25. The molecule has 0 aliphatic carbocycles. The standard InChI is InChI=1S/C16H23N3O6/c17-6-7-19(14(20)10-24-11-15(21)22)8-13(18)16(23)25-9-12-4-2-1-3-5-12/h1-5,13H,6-11,17-18H2,(H,21,22). The summed E-state index contributed by atoms with van der Waals surface area (Å²) in [5.41, 5.74) is 12.0. The van der Waals surface area contributed by atoms with Crippen LogP contribution in [0.1, 0.15) is 5.56 Å². The van der Waals surface area contributed by atoms with Gasteiger partial charge in [0.25, 0.3) is 0 Å². The molecule has 1 atom stereocenters. The molecule has 9 heteroatoms. The monoisotopic (exact) mass is 353 g/mol. The van der Waals surface area contributed by atoms with Gasteiger partial charge in [0, 0.05) is 19.6 Å². The molecule has 0 heterocycles. The Morgan fingerprint density at radius 3 is 2.44 bits per heavy atom. The number of carbonyl (C=O) groups is 3. The van der Waals surface area contributed by atoms with Crippen LogP contribution < -0.4 is 11.5 Å². The lowest BCUT2D eigenvalue weighted by molar-refractivity contribution is -0.148. The first-order valence-electron chi connectivity index (χ1n) is 7.67. The average Bonchev–Trinajstić information content (AvgIpc) is 2.59. The third-order valence-electron chi connectivity index (χ3n) is 3.15. The molecule has 9 nitrogen and oxygen atoms in total. The van der Waals surface area contributed by atoms with Crippen LogP contribution in [0.25, 0.3) is 0 Å². The van der Waals surface area contributed by atoms with E-state index in [9.17, 15) is 14.4 Å². The third-order valence-corrected chi connectivity index (χ3v) is 3.15. The number of ether oxygens (including phenoxy) is 2. The number of hydrogen-bond acceptors (Lipinski definition) is 7. The molecule has 1 aromatic carbocycles. The van der Waals surface area contributed by atoms with Gasteiger partial charge in [-0.25, -0.2) is 4.79 Å². The zero-order valence-electron chi connectivity index (χ0n) is 13.8. The SMILES string of the molecule is NCCN(CC(N)C(=O)OCc1ccccc1)C(=O)COCC(=O)O. The minimum atomic E-state index is -1.18. The number of rotatable bonds is 11. The Balaban J connectivity index is 2.47. The topological polar surface area (TPSA) is 145 Å². The van der Waals surface area contributed by atoms with E-state index < -0.39 is 37.1 Å². The van der Waals surface area contributed by atoms with E-state index in [0.717, 1.165) is 5.56 Å². The van der Waals surface area contributed by atoms with Crippen molar-refractivity contribution in [1.29, 1.82) is 0 Å². The van der Waals surface area contributed by atoms with E-state index in [1.165, 1.54) is 4.90 Å². The molecule has 138 valence electrons. The molecule has 1 amide bonds. The first-order chi connectivity index (χ1) is 11.9. The summed E-state index contributed by atoms with van der Waals surface area (Å²) in [6, 6.07) is 8.06. The van der Waals surface area contributed by atoms with Crippen LogP contribution in [0.5, 0.6) is 0 Å². The number of nitrogens with two attached hydrogens (primary N) is 2. The van der Waals surface area contributed by atoms with Crippen LogP contribution in [0.3, 0.4) is 0 Å². The van der Waals surface area contributed by atoms with E-state index in [1.54, 1.807) is 0 Å². The fraction of sp³-hybridized carbons (Fsp3) is 0.438. The van der Waals surface area contributed by atoms with Gasteiger partial charge in [0.05, 0.1) is 0 Å². The van der Waals surface area contributed by atoms with Crippen molar-refractivity contribution >= 4 is 17.8 Å². The molecule has 1 rings (SSSR count). The van der Waals surface area contributed by atoms with Gasteiger partial charge in [-0.15, -0.1) is 0 Å². The van der Waals surface area contributed by atoms with Gasteiger partial charge in [-0.1, -0.05) is 30.3 Å². The molecule has 0 fully saturated rings. The first-order valence-corrected chi connectivity index (χ1v) is 7.67. The fourth-order valence-electron chi connectivity index (χ4n) is 1.94. The summed E-state index contributed by atoms with van der Waals surface area (Å²) in [6.45, 7) is -0.711. The number of carbonyl (C=O) groups excluding carboxylic acids is 2. The second kappa shape index (κ2) is 11.1. The zero-order chi connectivity index (χ0) is 18.7. The predicted octanol–water partition coefficient (Wildman–Crippen LogP) is -1.05. The van der Waals surface area contributed by atoms with Crippen molar-refractivity contribution in [1.82, 2.24) is 4.90 Å². The maximum atomic E-state index is 12.0. The van der Waals surface area contributed by atoms with Gasteiger partial charge in [0.2, 0.25) is 5.91 Å². The van der Waals surface area contributed by atoms with Crippen molar-refractivity contribution in [2.45, 2.75) is 12.6 Å². The minimum Gasteiger partial charge on any atom is -0.480 e. The molecule has 0 aromatic heterocycles. The Morgan fingerprint density at radius 1 is 1.16 bits per heavy atom. The van der Waals surface area contributed by atoms with Crippen LogP contribution in [0.4, 0.5) is 0 Å². The number of nitrogens with zero attached hydrogens (tertiary/aromatic N) is 1. The van der Waals surface area contributed by atoms with Gasteiger partial charge >= 0.3 is 11.9 Å². The predicted molar refractivity (Wildman–Crippen MR) is 88.3 cm³/mol. The smallest absolute Gasteiger partial charge is 0.329 e. The van der Waals surface area contributed by atoms with Crippen LogP contribution >= 0.6 is 0 Å². The van der Waals surface area contributed by atoms with Crippen LogP contribution in [0.2, 0.25) is 0 Å². The summed E-state index contributed by atoms with van der Waals surface area (Å²) in [7, 11) is 0. The molecule has 1 aromatic rings. The van der Waals surface area contributed by atoms with Crippen molar-refractivity contribution in [3.63, 3.8) is 0 Å². The lowest BCUT2D eigenvalue weighted by Crippen LogP contribution is -2.48. The van der Waals surface area contributed by atoms with Crippen molar-refractivity contribution in [2.24, 2.45) is 11.5 Å². The van der Waals surface area contributed by atoms with Crippen molar-refractivity contribution < 1.29 is 29.0 Å². The van der Waals surface area contributed by atoms with Gasteiger partial charge in [-0.2, -0.15) is 0 Å². The maximum Gasteiger partial charge on any atom is 0.329 e. The second-order valence-electron chi connectivity index (χ2n) is 5.21. The second-order valence-corrected chi connectivity index (χ2v) is 5.21. The largest absolute Gasteiger partial charge is 0.480 e. The summed E-state index contributed by atoms with van der Waals surface area (Å²) < 4.78 is 9.86. The maximum absolute atomic E-state index is 12.0. The molecule has 0 saturated carbocycles. The molecule has 0 radical (unpaired) electrons. The van der Waals surface area contributed by atoms with Gasteiger partial charge in [0.15, 0.2) is 0 Å². The number of hydrogen-bond donors (Lipinski definition) is 3. The molecular formula is C16H23N3O6. The highest BCUT2D eigenvalue weighted by Gasteiger charge is 2.22. The molecule has 0 saturated heterocycles. The molecule has 0 aliphatic rings. The highest BCUT2D eigenvalue weighted by atomic mass is 16.5. The lowest BCUT2D eigenvalue weighted by atomic mass is 10.2. The highest BCUT2D eigenvalue weighted by Crippen LogP contribution is 2.02. The zero-order valence-corrected chi connectivity index (χ0v) is 13.8. The fourth-order valence-corrected chi connectivity index (χ4v) is 1.94. The Labute approximate surface area is 145 Å². The van der Waals surface area contributed by atoms with Gasteiger partial charge in [-0.05, 0) is 5.56 Å². The number of esters is 1. The molecule has 0 spiro atoms. The van der Waals surface area contributed by atoms with Crippen molar-refractivity contribution in [3.05, 3.63) is 35.9 Å². The molecule has 0 aliphatic heterocycles. The summed E-state index contributed by atoms with van der Waals surface area (Å²) >= 11 is 0. The van der Waals surface area contributed by atoms with Gasteiger partial charge in [0.1, 0.15) is 25.9 Å². The van der Waals surface area contributed by atoms with E-state index in [2.05, 4.69) is 0 Å². The quantitative estimate of drug-likeness (QED) is 0.427. The lowest BCUT2D eigenvalue weighted by Gasteiger charge is -2.24. The minimum absolute atomic E-state index is 0.0833. The number of carboxylic acids is 1. The Bertz CT molecular complexity index is 566. The van der Waals surface area contributed by atoms with Gasteiger partial charge < -0.3 is 30.9 Å². The van der Waals surface area contributed by atoms with Crippen LogP contribution in [-0.4, -0.2) is 66.7 Å². The van der Waals surface area contributed by atoms with Crippen molar-refractivity contribution in [2.75, 3.05) is 32.8 Å². The molecular weight excluding hydrogens is 330 g/mol. The van der Waals surface area contributed by atoms with Crippen molar-refractivity contribution in [3.8, 4) is 0 Å². The molecule has 0 bridgehead atoms. The first kappa shape index (κ1) is 20.6. The average molecular weight is 353 g/mol. The molecule has 25 heavy (non-hydrogen) atoms. The Kier molecular flexibility index (Phi) is 9.15. The van der Waals surface area contributed by atoms with E-state index >= 15 is 0 Å². The number of amides is 1. The molecule has 5 N–H and O–H groups in total. The number of benzene rings is 1. The summed E-state index contributed by atoms with van der Waals surface area (Å²) in [6.07, 6.45) is 0. The molecule has 1 unspecified atom stereocenters. The number of aliphatic carboxylic acids is 1. The van der Waals surface area contributed by atoms with E-state index in [0.29, 0.717) is 0 Å². The van der Waals surface area contributed by atoms with Crippen LogP contribution in [-0.2, 0) is 30.5 Å². The van der Waals surface area contributed by atoms with E-state index in [4.69, 9.17) is 26.0 Å². The van der Waals surface area contributed by atoms with Gasteiger partial charge in [-0.3, -0.25) is 9.59 Å². The Hall–Kier alpha value is -2.49. The van der Waals surface area contributed by atoms with E-state index in [-0.39, 0.29) is 26.2 Å². The summed E-state index contributed by atoms with van der Waals surface area (Å²) in [5.74, 6) is -2.33. The van der Waals surface area contributed by atoms with Crippen LogP contribution in [0, 0.1) is 0 Å². The van der Waals surface area contributed by atoms with Crippen LogP contribution in [0.15, 0.2) is 30.3 Å². The summed E-state index contributed by atoms with van der Waals surface area (Å²) in [4.78, 5) is 35.6. The highest BCUT2D eigenvalue weighted by molar-refractivity contribution is 5.80. The number of carboxylic acid groups (broad SMARTS) is 1. The normalized spacial score (nSPS) is 11.6. The van der Waals surface area contributed by atoms with E-state index in [1.807, 2.05) is 30.3 Å². The summed E-state index contributed by atoms with van der Waals surface area (Å²) in [5, 5.41) is 8.49.